The third-order valence-electron chi connectivity index (χ3n) is 8.74. The molecule has 3 atom stereocenters. The van der Waals surface area contributed by atoms with Crippen LogP contribution in [0.3, 0.4) is 0 Å². The topological polar surface area (TPSA) is 189 Å². The van der Waals surface area contributed by atoms with Crippen molar-refractivity contribution in [2.24, 2.45) is 0 Å². The Morgan fingerprint density at radius 2 is 1.63 bits per heavy atom. The van der Waals surface area contributed by atoms with E-state index >= 15 is 0 Å². The lowest BCUT2D eigenvalue weighted by Crippen LogP contribution is -2.36. The number of aromatic nitrogens is 4. The minimum atomic E-state index is -0.0873. The molecule has 4 heterocycles. The van der Waals surface area contributed by atoms with E-state index in [1.165, 1.54) is 30.9 Å². The number of nitrogens with zero attached hydrogens (tertiary/aromatic N) is 4. The Hall–Kier alpha value is -2.61. The van der Waals surface area contributed by atoms with Crippen molar-refractivity contribution in [2.75, 3.05) is 84.0 Å². The van der Waals surface area contributed by atoms with Gasteiger partial charge < -0.3 is 50.5 Å². The predicted octanol–water partition coefficient (Wildman–Crippen LogP) is 4.14. The van der Waals surface area contributed by atoms with Crippen molar-refractivity contribution in [1.29, 1.82) is 0 Å². The highest BCUT2D eigenvalue weighted by Gasteiger charge is 2.42. The van der Waals surface area contributed by atoms with Crippen molar-refractivity contribution in [2.45, 2.75) is 72.5 Å². The number of ether oxygens (including phenoxy) is 4. The average Bonchev–Trinajstić information content (AvgIpc) is 3.81. The van der Waals surface area contributed by atoms with Gasteiger partial charge in [0.05, 0.1) is 64.9 Å². The van der Waals surface area contributed by atoms with Gasteiger partial charge in [0, 0.05) is 52.0 Å². The molecule has 15 nitrogen and oxygen atoms in total. The molecule has 2 aliphatic rings. The number of nitrogen functional groups attached to an aromatic ring is 1. The standard InChI is InChI=1S/C35H51Cl2N9O6S2/c36-24-19-25(37)21-26(20-24)54-35-45-31-32(38)41-23-42-33(31)46(35)10-4-8-40-29(47)6-11-49-13-15-51-17-18-52-16-14-50-12-9-39-7-3-1-2-5-28-30-27(22-53-28)43-34(48)44-30/h19-21,23,27-28,30,39H,1-18,22H2,(H,40,47)(H2,38,41,42)(H2,43,44,48)/t27-,28+,30-/m0/s1. The molecule has 0 unspecified atom stereocenters. The lowest BCUT2D eigenvalue weighted by Gasteiger charge is -2.16. The molecule has 19 heteroatoms. The van der Waals surface area contributed by atoms with Crippen LogP contribution in [0.15, 0.2) is 34.6 Å². The highest BCUT2D eigenvalue weighted by atomic mass is 35.5. The second kappa shape index (κ2) is 23.5. The Morgan fingerprint density at radius 1 is 0.907 bits per heavy atom. The molecule has 2 saturated heterocycles. The number of urea groups is 1. The second-order valence-electron chi connectivity index (χ2n) is 12.8. The van der Waals surface area contributed by atoms with Gasteiger partial charge in [-0.25, -0.2) is 19.7 Å². The van der Waals surface area contributed by atoms with E-state index < -0.39 is 0 Å². The van der Waals surface area contributed by atoms with E-state index in [4.69, 9.17) is 47.9 Å². The van der Waals surface area contributed by atoms with Crippen LogP contribution in [0.2, 0.25) is 10.0 Å². The minimum Gasteiger partial charge on any atom is -0.382 e. The number of fused-ring (bicyclic) bond motifs is 2. The van der Waals surface area contributed by atoms with Gasteiger partial charge in [-0.3, -0.25) is 4.79 Å². The smallest absolute Gasteiger partial charge is 0.315 e. The summed E-state index contributed by atoms with van der Waals surface area (Å²) in [5, 5.41) is 14.7. The molecule has 6 N–H and O–H groups in total. The van der Waals surface area contributed by atoms with E-state index in [1.54, 1.807) is 6.07 Å². The average molecular weight is 829 g/mol. The number of nitrogens with one attached hydrogen (secondary N) is 4. The number of hydrogen-bond acceptors (Lipinski definition) is 13. The number of carbonyl (C=O) groups is 2. The van der Waals surface area contributed by atoms with Crippen LogP contribution in [-0.4, -0.2) is 127 Å². The summed E-state index contributed by atoms with van der Waals surface area (Å²) in [5.74, 6) is 1.23. The molecule has 3 aromatic rings. The van der Waals surface area contributed by atoms with Gasteiger partial charge in [-0.2, -0.15) is 11.8 Å². The van der Waals surface area contributed by atoms with Gasteiger partial charge in [0.2, 0.25) is 5.91 Å². The van der Waals surface area contributed by atoms with Crippen molar-refractivity contribution in [3.05, 3.63) is 34.6 Å². The number of halogens is 2. The first kappa shape index (κ1) is 42.5. The summed E-state index contributed by atoms with van der Waals surface area (Å²) in [7, 11) is 0. The summed E-state index contributed by atoms with van der Waals surface area (Å²) in [5.41, 5.74) is 7.20. The summed E-state index contributed by atoms with van der Waals surface area (Å²) in [6, 6.07) is 5.89. The number of rotatable bonds is 27. The lowest BCUT2D eigenvalue weighted by molar-refractivity contribution is -0.122. The molecule has 5 rings (SSSR count). The van der Waals surface area contributed by atoms with E-state index in [2.05, 4.69) is 36.2 Å². The number of nitrogens with two attached hydrogens (primary N) is 1. The quantitative estimate of drug-likeness (QED) is 0.0546. The van der Waals surface area contributed by atoms with Crippen LogP contribution in [0.5, 0.6) is 0 Å². The number of hydrogen-bond donors (Lipinski definition) is 5. The Morgan fingerprint density at radius 3 is 2.39 bits per heavy atom. The molecule has 54 heavy (non-hydrogen) atoms. The van der Waals surface area contributed by atoms with Gasteiger partial charge >= 0.3 is 6.03 Å². The molecule has 0 bridgehead atoms. The molecule has 2 fully saturated rings. The van der Waals surface area contributed by atoms with E-state index in [9.17, 15) is 9.59 Å². The van der Waals surface area contributed by atoms with E-state index in [0.29, 0.717) is 122 Å². The lowest BCUT2D eigenvalue weighted by atomic mass is 10.0. The van der Waals surface area contributed by atoms with Crippen molar-refractivity contribution >= 4 is 75.6 Å². The van der Waals surface area contributed by atoms with Gasteiger partial charge in [-0.05, 0) is 44.0 Å². The number of carbonyl (C=O) groups excluding carboxylic acids is 2. The maximum Gasteiger partial charge on any atom is 0.315 e. The summed E-state index contributed by atoms with van der Waals surface area (Å²) in [4.78, 5) is 37.8. The molecule has 2 aromatic heterocycles. The van der Waals surface area contributed by atoms with E-state index in [-0.39, 0.29) is 18.4 Å². The van der Waals surface area contributed by atoms with Gasteiger partial charge in [-0.1, -0.05) is 47.8 Å². The molecule has 0 radical (unpaired) electrons. The zero-order valence-electron chi connectivity index (χ0n) is 30.4. The Bertz CT molecular complexity index is 1610. The zero-order valence-corrected chi connectivity index (χ0v) is 33.5. The Labute approximate surface area is 334 Å². The largest absolute Gasteiger partial charge is 0.382 e. The Balaban J connectivity index is 0.790. The van der Waals surface area contributed by atoms with Crippen LogP contribution in [-0.2, 0) is 30.3 Å². The fraction of sp³-hybridized carbons (Fsp3) is 0.629. The molecule has 0 spiro atoms. The third kappa shape index (κ3) is 14.2. The molecular formula is C35H51Cl2N9O6S2. The van der Waals surface area contributed by atoms with Gasteiger partial charge in [-0.15, -0.1) is 0 Å². The van der Waals surface area contributed by atoms with E-state index in [1.807, 2.05) is 28.5 Å². The normalized spacial score (nSPS) is 17.9. The molecule has 298 valence electrons. The van der Waals surface area contributed by atoms with Crippen LogP contribution in [0.1, 0.15) is 38.5 Å². The number of amides is 3. The molecule has 3 amide bonds. The van der Waals surface area contributed by atoms with Crippen molar-refractivity contribution < 1.29 is 28.5 Å². The van der Waals surface area contributed by atoms with Crippen molar-refractivity contribution in [3.8, 4) is 0 Å². The highest BCUT2D eigenvalue weighted by molar-refractivity contribution is 8.00. The summed E-state index contributed by atoms with van der Waals surface area (Å²) in [6.07, 6.45) is 7.00. The number of unbranched alkanes of at least 4 members (excludes halogenated alkanes) is 2. The SMILES string of the molecule is Nc1ncnc2c1nc(Sc1cc(Cl)cc(Cl)c1)n2CCCNC(=O)CCOCCOCCOCCOCCNCCCCC[C@H]1SC[C@@H]2NC(=O)N[C@@H]21. The number of imidazole rings is 1. The van der Waals surface area contributed by atoms with Crippen molar-refractivity contribution in [3.63, 3.8) is 0 Å². The maximum atomic E-state index is 12.3. The van der Waals surface area contributed by atoms with Gasteiger partial charge in [0.25, 0.3) is 0 Å². The van der Waals surface area contributed by atoms with Crippen LogP contribution < -0.4 is 27.0 Å². The fourth-order valence-electron chi connectivity index (χ4n) is 6.07. The first-order valence-corrected chi connectivity index (χ1v) is 21.1. The monoisotopic (exact) mass is 827 g/mol. The maximum absolute atomic E-state index is 12.3. The van der Waals surface area contributed by atoms with Crippen LogP contribution in [0, 0.1) is 0 Å². The third-order valence-corrected chi connectivity index (χ3v) is 11.7. The number of benzene rings is 1. The predicted molar refractivity (Wildman–Crippen MR) is 213 cm³/mol. The molecule has 1 aromatic carbocycles. The number of thioether (sulfide) groups is 1. The van der Waals surface area contributed by atoms with Crippen LogP contribution >= 0.6 is 46.7 Å². The number of anilines is 1. The molecule has 2 aliphatic heterocycles. The van der Waals surface area contributed by atoms with Gasteiger partial charge in [0.1, 0.15) is 6.33 Å². The summed E-state index contributed by atoms with van der Waals surface area (Å²) in [6.45, 7) is 6.65. The van der Waals surface area contributed by atoms with Crippen LogP contribution in [0.25, 0.3) is 11.2 Å². The first-order valence-electron chi connectivity index (χ1n) is 18.4. The number of aryl methyl sites for hydroxylation is 1. The Kier molecular flexibility index (Phi) is 18.5. The highest BCUT2D eigenvalue weighted by Crippen LogP contribution is 2.35. The molecule has 0 aliphatic carbocycles. The minimum absolute atomic E-state index is 0.0136. The fourth-order valence-corrected chi connectivity index (χ4v) is 9.28. The van der Waals surface area contributed by atoms with Crippen LogP contribution in [0.4, 0.5) is 10.6 Å². The van der Waals surface area contributed by atoms with Crippen molar-refractivity contribution in [1.82, 2.24) is 40.8 Å². The first-order chi connectivity index (χ1) is 26.4. The molecule has 0 saturated carbocycles. The second-order valence-corrected chi connectivity index (χ2v) is 16.0. The van der Waals surface area contributed by atoms with E-state index in [0.717, 1.165) is 36.6 Å². The molecular weight excluding hydrogens is 777 g/mol. The summed E-state index contributed by atoms with van der Waals surface area (Å²) < 4.78 is 24.2. The summed E-state index contributed by atoms with van der Waals surface area (Å²) >= 11 is 15.8. The zero-order chi connectivity index (χ0) is 38.0. The van der Waals surface area contributed by atoms with Gasteiger partial charge in [0.15, 0.2) is 22.1 Å².